The number of benzene rings is 2. The minimum absolute atomic E-state index is 0.0803. The Morgan fingerprint density at radius 1 is 1.10 bits per heavy atom. The van der Waals surface area contributed by atoms with E-state index >= 15 is 0 Å². The molecule has 0 radical (unpaired) electrons. The van der Waals surface area contributed by atoms with Crippen LogP contribution in [0.4, 0.5) is 13.2 Å². The molecule has 1 heterocycles. The van der Waals surface area contributed by atoms with Crippen LogP contribution in [-0.4, -0.2) is 15.5 Å². The fourth-order valence-electron chi connectivity index (χ4n) is 3.40. The smallest absolute Gasteiger partial charge is 0.352 e. The third-order valence-electron chi connectivity index (χ3n) is 5.14. The van der Waals surface area contributed by atoms with Crippen LogP contribution in [-0.2, 0) is 23.9 Å². The number of nitrogens with one attached hydrogen (secondary N) is 1. The molecule has 0 bridgehead atoms. The van der Waals surface area contributed by atoms with Crippen molar-refractivity contribution in [3.8, 4) is 0 Å². The fraction of sp³-hybridized carbons (Fsp3) is 0.318. The maximum absolute atomic E-state index is 12.8. The van der Waals surface area contributed by atoms with Crippen molar-refractivity contribution in [2.75, 3.05) is 0 Å². The summed E-state index contributed by atoms with van der Waals surface area (Å²) in [6.45, 7) is 0.136. The van der Waals surface area contributed by atoms with E-state index in [1.165, 1.54) is 12.1 Å². The number of hydrogen-bond donors (Lipinski definition) is 1. The second-order valence-electron chi connectivity index (χ2n) is 7.42. The van der Waals surface area contributed by atoms with Crippen molar-refractivity contribution in [3.05, 3.63) is 75.8 Å². The van der Waals surface area contributed by atoms with E-state index in [0.29, 0.717) is 28.7 Å². The second-order valence-corrected chi connectivity index (χ2v) is 7.42. The Labute approximate surface area is 170 Å². The van der Waals surface area contributed by atoms with E-state index in [2.05, 4.69) is 10.3 Å². The van der Waals surface area contributed by atoms with Gasteiger partial charge in [0.25, 0.3) is 5.56 Å². The number of carbonyl (C=O) groups excluding carboxylic acids is 1. The summed E-state index contributed by atoms with van der Waals surface area (Å²) in [7, 11) is 0. The van der Waals surface area contributed by atoms with Crippen LogP contribution in [0.2, 0.25) is 0 Å². The van der Waals surface area contributed by atoms with Gasteiger partial charge in [-0.25, -0.2) is 4.98 Å². The molecular weight excluding hydrogens is 395 g/mol. The van der Waals surface area contributed by atoms with Crippen molar-refractivity contribution >= 4 is 16.8 Å². The van der Waals surface area contributed by atoms with E-state index in [9.17, 15) is 22.8 Å². The van der Waals surface area contributed by atoms with E-state index < -0.39 is 11.7 Å². The first kappa shape index (κ1) is 20.1. The van der Waals surface area contributed by atoms with E-state index in [-0.39, 0.29) is 30.5 Å². The van der Waals surface area contributed by atoms with Gasteiger partial charge in [-0.15, -0.1) is 0 Å². The van der Waals surface area contributed by atoms with Gasteiger partial charge in [0.2, 0.25) is 5.91 Å². The third-order valence-corrected chi connectivity index (χ3v) is 5.14. The Morgan fingerprint density at radius 2 is 1.80 bits per heavy atom. The number of aryl methyl sites for hydroxylation is 1. The molecule has 1 aliphatic carbocycles. The first-order valence-corrected chi connectivity index (χ1v) is 9.76. The largest absolute Gasteiger partial charge is 0.416 e. The van der Waals surface area contributed by atoms with E-state index in [1.807, 2.05) is 6.07 Å². The zero-order chi connectivity index (χ0) is 21.3. The van der Waals surface area contributed by atoms with Crippen molar-refractivity contribution in [2.24, 2.45) is 0 Å². The zero-order valence-electron chi connectivity index (χ0n) is 16.1. The van der Waals surface area contributed by atoms with Crippen LogP contribution < -0.4 is 10.9 Å². The molecule has 30 heavy (non-hydrogen) atoms. The van der Waals surface area contributed by atoms with Gasteiger partial charge in [0, 0.05) is 25.4 Å². The molecule has 8 heteroatoms. The minimum atomic E-state index is -4.38. The number of para-hydroxylation sites is 1. The summed E-state index contributed by atoms with van der Waals surface area (Å²) in [5.41, 5.74) is 0.385. The maximum atomic E-state index is 12.8. The molecule has 0 saturated heterocycles. The highest BCUT2D eigenvalue weighted by Crippen LogP contribution is 2.35. The molecule has 1 fully saturated rings. The Kier molecular flexibility index (Phi) is 5.32. The predicted molar refractivity (Wildman–Crippen MR) is 106 cm³/mol. The number of fused-ring (bicyclic) bond motifs is 1. The third kappa shape index (κ3) is 4.37. The molecule has 1 saturated carbocycles. The predicted octanol–water partition coefficient (Wildman–Crippen LogP) is 4.00. The van der Waals surface area contributed by atoms with Crippen molar-refractivity contribution in [1.29, 1.82) is 0 Å². The highest BCUT2D eigenvalue weighted by molar-refractivity contribution is 5.78. The van der Waals surface area contributed by atoms with E-state index in [4.69, 9.17) is 0 Å². The average molecular weight is 415 g/mol. The molecule has 2 aromatic carbocycles. The molecule has 1 aliphatic rings. The molecule has 0 spiro atoms. The summed E-state index contributed by atoms with van der Waals surface area (Å²) < 4.78 is 39.5. The lowest BCUT2D eigenvalue weighted by Crippen LogP contribution is -2.27. The molecule has 5 nitrogen and oxygen atoms in total. The molecular formula is C22H20F3N3O2. The molecule has 1 N–H and O–H groups in total. The van der Waals surface area contributed by atoms with Crippen LogP contribution >= 0.6 is 0 Å². The lowest BCUT2D eigenvalue weighted by Gasteiger charge is -2.13. The van der Waals surface area contributed by atoms with Crippen LogP contribution in [0.5, 0.6) is 0 Å². The summed E-state index contributed by atoms with van der Waals surface area (Å²) in [6, 6.07) is 12.0. The van der Waals surface area contributed by atoms with Gasteiger partial charge in [-0.3, -0.25) is 14.2 Å². The maximum Gasteiger partial charge on any atom is 0.416 e. The van der Waals surface area contributed by atoms with Crippen molar-refractivity contribution < 1.29 is 18.0 Å². The molecule has 0 aliphatic heterocycles. The fourth-order valence-corrected chi connectivity index (χ4v) is 3.40. The van der Waals surface area contributed by atoms with Crippen LogP contribution in [0.15, 0.2) is 53.3 Å². The summed E-state index contributed by atoms with van der Waals surface area (Å²) in [4.78, 5) is 29.7. The van der Waals surface area contributed by atoms with Gasteiger partial charge >= 0.3 is 6.18 Å². The molecule has 0 atom stereocenters. The highest BCUT2D eigenvalue weighted by Gasteiger charge is 2.30. The number of halogens is 3. The standard InChI is InChI=1S/C22H20F3N3O2/c23-22(24,25)15-7-5-14(6-8-15)13-26-20(29)12-11-19-27-18-4-2-1-3-17(18)21(30)28(19)16-9-10-16/h1-8,16H,9-13H2,(H,26,29). The molecule has 1 amide bonds. The van der Waals surface area contributed by atoms with Gasteiger partial charge in [-0.1, -0.05) is 24.3 Å². The van der Waals surface area contributed by atoms with Gasteiger partial charge in [0.1, 0.15) is 5.82 Å². The monoisotopic (exact) mass is 415 g/mol. The van der Waals surface area contributed by atoms with Crippen molar-refractivity contribution in [1.82, 2.24) is 14.9 Å². The van der Waals surface area contributed by atoms with Gasteiger partial charge in [-0.05, 0) is 42.7 Å². The van der Waals surface area contributed by atoms with E-state index in [0.717, 1.165) is 25.0 Å². The SMILES string of the molecule is O=C(CCc1nc2ccccc2c(=O)n1C1CC1)NCc1ccc(C(F)(F)F)cc1. The van der Waals surface area contributed by atoms with Crippen molar-refractivity contribution in [3.63, 3.8) is 0 Å². The summed E-state index contributed by atoms with van der Waals surface area (Å²) in [5, 5.41) is 3.28. The summed E-state index contributed by atoms with van der Waals surface area (Å²) in [6.07, 6.45) is -2.08. The Morgan fingerprint density at radius 3 is 2.47 bits per heavy atom. The van der Waals surface area contributed by atoms with Crippen LogP contribution in [0.1, 0.15) is 42.3 Å². The van der Waals surface area contributed by atoms with Gasteiger partial charge in [0.15, 0.2) is 0 Å². The zero-order valence-corrected chi connectivity index (χ0v) is 16.1. The Hall–Kier alpha value is -3.16. The lowest BCUT2D eigenvalue weighted by molar-refractivity contribution is -0.137. The van der Waals surface area contributed by atoms with Gasteiger partial charge in [-0.2, -0.15) is 13.2 Å². The summed E-state index contributed by atoms with van der Waals surface area (Å²) >= 11 is 0. The van der Waals surface area contributed by atoms with Gasteiger partial charge in [0.05, 0.1) is 16.5 Å². The second kappa shape index (κ2) is 7.93. The average Bonchev–Trinajstić information content (AvgIpc) is 3.55. The number of amides is 1. The number of alkyl halides is 3. The van der Waals surface area contributed by atoms with Gasteiger partial charge < -0.3 is 5.32 Å². The number of nitrogens with zero attached hydrogens (tertiary/aromatic N) is 2. The number of aromatic nitrogens is 2. The Bertz CT molecular complexity index is 1130. The minimum Gasteiger partial charge on any atom is -0.352 e. The molecule has 0 unspecified atom stereocenters. The summed E-state index contributed by atoms with van der Waals surface area (Å²) in [5.74, 6) is 0.338. The normalized spacial score (nSPS) is 14.1. The molecule has 4 rings (SSSR count). The molecule has 156 valence electrons. The Balaban J connectivity index is 1.41. The quantitative estimate of drug-likeness (QED) is 0.662. The van der Waals surface area contributed by atoms with Crippen LogP contribution in [0.25, 0.3) is 10.9 Å². The topological polar surface area (TPSA) is 64.0 Å². The molecule has 1 aromatic heterocycles. The lowest BCUT2D eigenvalue weighted by atomic mass is 10.1. The number of carbonyl (C=O) groups is 1. The number of hydrogen-bond acceptors (Lipinski definition) is 3. The first-order chi connectivity index (χ1) is 14.3. The van der Waals surface area contributed by atoms with Crippen LogP contribution in [0, 0.1) is 0 Å². The first-order valence-electron chi connectivity index (χ1n) is 9.76. The van der Waals surface area contributed by atoms with Crippen LogP contribution in [0.3, 0.4) is 0 Å². The van der Waals surface area contributed by atoms with E-state index in [1.54, 1.807) is 22.8 Å². The number of rotatable bonds is 6. The highest BCUT2D eigenvalue weighted by atomic mass is 19.4. The van der Waals surface area contributed by atoms with Crippen molar-refractivity contribution in [2.45, 2.75) is 44.4 Å². The molecule has 3 aromatic rings.